The van der Waals surface area contributed by atoms with Gasteiger partial charge in [0.1, 0.15) is 0 Å². The zero-order chi connectivity index (χ0) is 12.8. The van der Waals surface area contributed by atoms with E-state index in [1.165, 1.54) is 24.0 Å². The molecule has 0 saturated heterocycles. The predicted molar refractivity (Wildman–Crippen MR) is 75.7 cm³/mol. The molecule has 0 atom stereocenters. The largest absolute Gasteiger partial charge is 0.397 e. The second kappa shape index (κ2) is 3.66. The molecule has 0 fully saturated rings. The lowest BCUT2D eigenvalue weighted by atomic mass is 9.63. The van der Waals surface area contributed by atoms with Gasteiger partial charge in [-0.15, -0.1) is 0 Å². The number of benzene rings is 1. The number of hydrogen-bond donors (Lipinski definition) is 2. The summed E-state index contributed by atoms with van der Waals surface area (Å²) < 4.78 is 0. The Kier molecular flexibility index (Phi) is 2.64. The van der Waals surface area contributed by atoms with Gasteiger partial charge in [-0.2, -0.15) is 0 Å². The van der Waals surface area contributed by atoms with Crippen LogP contribution in [0.2, 0.25) is 0 Å². The fourth-order valence-electron chi connectivity index (χ4n) is 2.85. The smallest absolute Gasteiger partial charge is 0.0574 e. The minimum absolute atomic E-state index is 0.241. The van der Waals surface area contributed by atoms with Crippen molar-refractivity contribution in [2.75, 3.05) is 18.1 Å². The van der Waals surface area contributed by atoms with Crippen LogP contribution in [0.3, 0.4) is 0 Å². The van der Waals surface area contributed by atoms with Gasteiger partial charge in [0.2, 0.25) is 0 Å². The highest BCUT2D eigenvalue weighted by atomic mass is 14.8. The normalized spacial score (nSPS) is 20.8. The summed E-state index contributed by atoms with van der Waals surface area (Å²) in [5, 5.41) is 3.19. The van der Waals surface area contributed by atoms with E-state index in [2.05, 4.69) is 45.1 Å². The van der Waals surface area contributed by atoms with Crippen molar-refractivity contribution in [3.8, 4) is 0 Å². The second-order valence-corrected chi connectivity index (χ2v) is 6.50. The zero-order valence-electron chi connectivity index (χ0n) is 11.6. The first-order valence-electron chi connectivity index (χ1n) is 6.40. The summed E-state index contributed by atoms with van der Waals surface area (Å²) in [4.78, 5) is 0. The highest BCUT2D eigenvalue weighted by Crippen LogP contribution is 2.47. The third kappa shape index (κ3) is 1.90. The maximum absolute atomic E-state index is 6.10. The predicted octanol–water partition coefficient (Wildman–Crippen LogP) is 3.66. The van der Waals surface area contributed by atoms with Gasteiger partial charge in [-0.05, 0) is 46.9 Å². The average molecular weight is 232 g/mol. The van der Waals surface area contributed by atoms with Gasteiger partial charge in [0.25, 0.3) is 0 Å². The van der Waals surface area contributed by atoms with Gasteiger partial charge < -0.3 is 11.1 Å². The van der Waals surface area contributed by atoms with E-state index in [1.807, 2.05) is 7.05 Å². The van der Waals surface area contributed by atoms with Gasteiger partial charge >= 0.3 is 0 Å². The van der Waals surface area contributed by atoms with E-state index in [0.717, 1.165) is 11.4 Å². The number of hydrogen-bond acceptors (Lipinski definition) is 2. The molecule has 0 unspecified atom stereocenters. The molecule has 3 N–H and O–H groups in total. The molecule has 2 heteroatoms. The van der Waals surface area contributed by atoms with Gasteiger partial charge in [0.05, 0.1) is 11.4 Å². The van der Waals surface area contributed by atoms with E-state index in [9.17, 15) is 0 Å². The summed E-state index contributed by atoms with van der Waals surface area (Å²) in [5.41, 5.74) is 11.4. The van der Waals surface area contributed by atoms with Crippen LogP contribution in [-0.4, -0.2) is 7.05 Å². The lowest BCUT2D eigenvalue weighted by molar-refractivity contribution is 0.332. The Hall–Kier alpha value is -1.18. The molecule has 0 saturated carbocycles. The van der Waals surface area contributed by atoms with Crippen molar-refractivity contribution in [2.24, 2.45) is 0 Å². The van der Waals surface area contributed by atoms with Crippen LogP contribution in [0, 0.1) is 0 Å². The van der Waals surface area contributed by atoms with Crippen LogP contribution in [0.1, 0.15) is 51.7 Å². The SMILES string of the molecule is CNc1cc2c(cc1N)C(C)(C)CCC2(C)C. The Balaban J connectivity index is 2.68. The summed E-state index contributed by atoms with van der Waals surface area (Å²) in [6, 6.07) is 4.41. The van der Waals surface area contributed by atoms with Crippen molar-refractivity contribution in [3.63, 3.8) is 0 Å². The van der Waals surface area contributed by atoms with Crippen LogP contribution in [0.25, 0.3) is 0 Å². The molecule has 2 nitrogen and oxygen atoms in total. The molecule has 0 bridgehead atoms. The van der Waals surface area contributed by atoms with E-state index >= 15 is 0 Å². The van der Waals surface area contributed by atoms with Crippen LogP contribution in [0.15, 0.2) is 12.1 Å². The van der Waals surface area contributed by atoms with E-state index < -0.39 is 0 Å². The molecule has 0 aliphatic heterocycles. The quantitative estimate of drug-likeness (QED) is 0.725. The van der Waals surface area contributed by atoms with Crippen molar-refractivity contribution in [1.82, 2.24) is 0 Å². The van der Waals surface area contributed by atoms with Gasteiger partial charge in [-0.3, -0.25) is 0 Å². The molecule has 1 aromatic carbocycles. The number of anilines is 2. The van der Waals surface area contributed by atoms with Crippen LogP contribution in [0.5, 0.6) is 0 Å². The Bertz CT molecular complexity index is 444. The van der Waals surface area contributed by atoms with Gasteiger partial charge in [0, 0.05) is 7.05 Å². The fraction of sp³-hybridized carbons (Fsp3) is 0.600. The molecular formula is C15H24N2. The Morgan fingerprint density at radius 2 is 1.47 bits per heavy atom. The molecule has 0 heterocycles. The monoisotopic (exact) mass is 232 g/mol. The van der Waals surface area contributed by atoms with Gasteiger partial charge in [-0.25, -0.2) is 0 Å². The first-order valence-corrected chi connectivity index (χ1v) is 6.40. The molecule has 1 aliphatic rings. The number of rotatable bonds is 1. The van der Waals surface area contributed by atoms with Crippen molar-refractivity contribution < 1.29 is 0 Å². The molecular weight excluding hydrogens is 208 g/mol. The van der Waals surface area contributed by atoms with Crippen molar-refractivity contribution >= 4 is 11.4 Å². The fourth-order valence-corrected chi connectivity index (χ4v) is 2.85. The van der Waals surface area contributed by atoms with E-state index in [-0.39, 0.29) is 10.8 Å². The van der Waals surface area contributed by atoms with E-state index in [1.54, 1.807) is 0 Å². The number of fused-ring (bicyclic) bond motifs is 1. The molecule has 0 amide bonds. The molecule has 1 aliphatic carbocycles. The minimum Gasteiger partial charge on any atom is -0.397 e. The van der Waals surface area contributed by atoms with Crippen molar-refractivity contribution in [3.05, 3.63) is 23.3 Å². The van der Waals surface area contributed by atoms with E-state index in [4.69, 9.17) is 5.73 Å². The number of nitrogen functional groups attached to an aromatic ring is 1. The molecule has 17 heavy (non-hydrogen) atoms. The van der Waals surface area contributed by atoms with Crippen molar-refractivity contribution in [2.45, 2.75) is 51.4 Å². The summed E-state index contributed by atoms with van der Waals surface area (Å²) >= 11 is 0. The van der Waals surface area contributed by atoms with Crippen LogP contribution in [0.4, 0.5) is 11.4 Å². The minimum atomic E-state index is 0.241. The molecule has 1 aromatic rings. The molecule has 0 radical (unpaired) electrons. The Morgan fingerprint density at radius 3 is 1.94 bits per heavy atom. The molecule has 94 valence electrons. The number of nitrogens with two attached hydrogens (primary N) is 1. The summed E-state index contributed by atoms with van der Waals surface area (Å²) in [5.74, 6) is 0. The third-order valence-corrected chi connectivity index (χ3v) is 4.29. The standard InChI is InChI=1S/C15H24N2/c1-14(2)6-7-15(3,4)11-9-13(17-5)12(16)8-10(11)14/h8-9,17H,6-7,16H2,1-5H3. The highest BCUT2D eigenvalue weighted by molar-refractivity contribution is 5.70. The van der Waals surface area contributed by atoms with Gasteiger partial charge in [0.15, 0.2) is 0 Å². The zero-order valence-corrected chi connectivity index (χ0v) is 11.6. The molecule has 2 rings (SSSR count). The maximum Gasteiger partial charge on any atom is 0.0574 e. The molecule has 0 aromatic heterocycles. The van der Waals surface area contributed by atoms with Crippen LogP contribution >= 0.6 is 0 Å². The van der Waals surface area contributed by atoms with E-state index in [0.29, 0.717) is 0 Å². The highest BCUT2D eigenvalue weighted by Gasteiger charge is 2.37. The molecule has 0 spiro atoms. The second-order valence-electron chi connectivity index (χ2n) is 6.50. The topological polar surface area (TPSA) is 38.0 Å². The van der Waals surface area contributed by atoms with Crippen LogP contribution < -0.4 is 11.1 Å². The van der Waals surface area contributed by atoms with Gasteiger partial charge in [-0.1, -0.05) is 27.7 Å². The summed E-state index contributed by atoms with van der Waals surface area (Å²) in [6.45, 7) is 9.30. The van der Waals surface area contributed by atoms with Crippen molar-refractivity contribution in [1.29, 1.82) is 0 Å². The summed E-state index contributed by atoms with van der Waals surface area (Å²) in [6.07, 6.45) is 2.46. The lowest BCUT2D eigenvalue weighted by Gasteiger charge is -2.42. The first kappa shape index (κ1) is 12.3. The Labute approximate surface area is 105 Å². The Morgan fingerprint density at radius 1 is 1.00 bits per heavy atom. The number of nitrogens with one attached hydrogen (secondary N) is 1. The first-order chi connectivity index (χ1) is 7.78. The summed E-state index contributed by atoms with van der Waals surface area (Å²) in [7, 11) is 1.93. The van der Waals surface area contributed by atoms with Crippen LogP contribution in [-0.2, 0) is 10.8 Å². The maximum atomic E-state index is 6.10. The lowest BCUT2D eigenvalue weighted by Crippen LogP contribution is -2.34. The third-order valence-electron chi connectivity index (χ3n) is 4.29. The average Bonchev–Trinajstić information content (AvgIpc) is 2.24.